The van der Waals surface area contributed by atoms with Crippen LogP contribution in [0.5, 0.6) is 0 Å². The number of benzene rings is 2. The Morgan fingerprint density at radius 2 is 1.81 bits per heavy atom. The highest BCUT2D eigenvalue weighted by molar-refractivity contribution is 6.00. The summed E-state index contributed by atoms with van der Waals surface area (Å²) in [5.41, 5.74) is 4.17. The van der Waals surface area contributed by atoms with Crippen LogP contribution in [0, 0.1) is 0 Å². The van der Waals surface area contributed by atoms with Gasteiger partial charge in [-0.3, -0.25) is 9.78 Å². The minimum atomic E-state index is -0.931. The van der Waals surface area contributed by atoms with Gasteiger partial charge in [-0.2, -0.15) is 0 Å². The third-order valence-corrected chi connectivity index (χ3v) is 4.93. The van der Waals surface area contributed by atoms with Crippen molar-refractivity contribution in [3.05, 3.63) is 90.7 Å². The Balaban J connectivity index is 1.45. The Kier molecular flexibility index (Phi) is 3.74. The first-order valence-corrected chi connectivity index (χ1v) is 8.90. The Morgan fingerprint density at radius 1 is 0.963 bits per heavy atom. The summed E-state index contributed by atoms with van der Waals surface area (Å²) in [6, 6.07) is 18.5. The highest BCUT2D eigenvalue weighted by Crippen LogP contribution is 2.37. The first-order chi connectivity index (χ1) is 13.2. The summed E-state index contributed by atoms with van der Waals surface area (Å²) in [5.74, 6) is -0.985. The predicted molar refractivity (Wildman–Crippen MR) is 103 cm³/mol. The third-order valence-electron chi connectivity index (χ3n) is 4.93. The minimum Gasteiger partial charge on any atom is -0.340 e. The second-order valence-corrected chi connectivity index (χ2v) is 6.75. The zero-order valence-corrected chi connectivity index (χ0v) is 14.5. The van der Waals surface area contributed by atoms with Crippen molar-refractivity contribution in [2.75, 3.05) is 6.61 Å². The number of para-hydroxylation sites is 1. The molecular formula is C23H17NO3. The maximum atomic E-state index is 11.4. The number of rotatable bonds is 2. The summed E-state index contributed by atoms with van der Waals surface area (Å²) in [6.45, 7) is 0.433. The van der Waals surface area contributed by atoms with Gasteiger partial charge in [-0.15, -0.1) is 0 Å². The minimum absolute atomic E-state index is 0.0536. The maximum absolute atomic E-state index is 11.4. The van der Waals surface area contributed by atoms with Crippen LogP contribution in [0.25, 0.3) is 22.0 Å². The van der Waals surface area contributed by atoms with E-state index in [9.17, 15) is 4.79 Å². The molecule has 1 aromatic heterocycles. The lowest BCUT2D eigenvalue weighted by atomic mass is 10.0. The van der Waals surface area contributed by atoms with Gasteiger partial charge >= 0.3 is 0 Å². The summed E-state index contributed by atoms with van der Waals surface area (Å²) >= 11 is 0. The number of fused-ring (bicyclic) bond motifs is 1. The van der Waals surface area contributed by atoms with Gasteiger partial charge in [-0.1, -0.05) is 36.4 Å². The number of aromatic nitrogens is 1. The molecule has 27 heavy (non-hydrogen) atoms. The topological polar surface area (TPSA) is 48.4 Å². The van der Waals surface area contributed by atoms with E-state index in [2.05, 4.69) is 29.2 Å². The average molecular weight is 355 g/mol. The number of nitrogens with zero attached hydrogens (tertiary/aromatic N) is 1. The van der Waals surface area contributed by atoms with Gasteiger partial charge in [0.25, 0.3) is 0 Å². The molecule has 4 heteroatoms. The molecule has 4 nitrogen and oxygen atoms in total. The van der Waals surface area contributed by atoms with Crippen LogP contribution < -0.4 is 0 Å². The third kappa shape index (κ3) is 2.99. The Morgan fingerprint density at radius 3 is 2.70 bits per heavy atom. The lowest BCUT2D eigenvalue weighted by molar-refractivity contribution is -0.113. The molecule has 0 saturated carbocycles. The molecule has 1 spiro atoms. The van der Waals surface area contributed by atoms with Crippen LogP contribution in [-0.4, -0.2) is 23.2 Å². The van der Waals surface area contributed by atoms with Crippen LogP contribution in [-0.2, 0) is 14.3 Å². The molecule has 1 aliphatic carbocycles. The molecule has 2 aliphatic rings. The summed E-state index contributed by atoms with van der Waals surface area (Å²) < 4.78 is 12.0. The van der Waals surface area contributed by atoms with E-state index in [0.29, 0.717) is 6.61 Å². The lowest BCUT2D eigenvalue weighted by Crippen LogP contribution is -2.27. The Labute approximate surface area is 156 Å². The number of carbonyl (C=O) groups excluding carboxylic acids is 1. The van der Waals surface area contributed by atoms with Crippen molar-refractivity contribution in [2.24, 2.45) is 0 Å². The molecule has 1 fully saturated rings. The van der Waals surface area contributed by atoms with Gasteiger partial charge in [-0.05, 0) is 53.6 Å². The molecule has 1 aliphatic heterocycles. The van der Waals surface area contributed by atoms with E-state index in [4.69, 9.17) is 9.47 Å². The van der Waals surface area contributed by atoms with E-state index in [1.54, 1.807) is 12.2 Å². The molecule has 1 atom stereocenters. The summed E-state index contributed by atoms with van der Waals surface area (Å²) in [6.07, 6.45) is 8.02. The SMILES string of the molecule is O=C1C=CC2(C=C1)OCC(c1cccc(-c3cnc4ccccc4c3)c1)O2. The molecule has 3 aromatic rings. The highest BCUT2D eigenvalue weighted by Gasteiger charge is 2.39. The van der Waals surface area contributed by atoms with E-state index in [-0.39, 0.29) is 11.9 Å². The summed E-state index contributed by atoms with van der Waals surface area (Å²) in [7, 11) is 0. The number of hydrogen-bond donors (Lipinski definition) is 0. The summed E-state index contributed by atoms with van der Waals surface area (Å²) in [5, 5.41) is 1.11. The largest absolute Gasteiger partial charge is 0.340 e. The van der Waals surface area contributed by atoms with Crippen molar-refractivity contribution in [1.82, 2.24) is 4.98 Å². The number of ketones is 1. The number of pyridine rings is 1. The van der Waals surface area contributed by atoms with Gasteiger partial charge in [-0.25, -0.2) is 0 Å². The van der Waals surface area contributed by atoms with Crippen molar-refractivity contribution < 1.29 is 14.3 Å². The fraction of sp³-hybridized carbons (Fsp3) is 0.130. The highest BCUT2D eigenvalue weighted by atomic mass is 16.7. The molecule has 0 amide bonds. The number of carbonyl (C=O) groups is 1. The average Bonchev–Trinajstić information content (AvgIpc) is 3.14. The molecule has 1 unspecified atom stereocenters. The van der Waals surface area contributed by atoms with Crippen molar-refractivity contribution >= 4 is 16.7 Å². The van der Waals surface area contributed by atoms with Crippen LogP contribution in [0.4, 0.5) is 0 Å². The molecule has 2 aromatic carbocycles. The zero-order chi connectivity index (χ0) is 18.3. The molecule has 0 N–H and O–H groups in total. The predicted octanol–water partition coefficient (Wildman–Crippen LogP) is 4.38. The van der Waals surface area contributed by atoms with E-state index in [1.165, 1.54) is 12.2 Å². The molecule has 0 radical (unpaired) electrons. The first kappa shape index (κ1) is 16.1. The fourth-order valence-corrected chi connectivity index (χ4v) is 3.49. The van der Waals surface area contributed by atoms with Crippen molar-refractivity contribution in [2.45, 2.75) is 11.9 Å². The van der Waals surface area contributed by atoms with Crippen molar-refractivity contribution in [3.8, 4) is 11.1 Å². The number of ether oxygens (including phenoxy) is 2. The molecule has 1 saturated heterocycles. The van der Waals surface area contributed by atoms with Crippen molar-refractivity contribution in [1.29, 1.82) is 0 Å². The van der Waals surface area contributed by atoms with Gasteiger partial charge in [0.15, 0.2) is 5.78 Å². The summed E-state index contributed by atoms with van der Waals surface area (Å²) in [4.78, 5) is 15.9. The van der Waals surface area contributed by atoms with Crippen molar-refractivity contribution in [3.63, 3.8) is 0 Å². The number of allylic oxidation sites excluding steroid dienone is 2. The van der Waals surface area contributed by atoms with E-state index in [1.807, 2.05) is 36.5 Å². The maximum Gasteiger partial charge on any atom is 0.209 e. The zero-order valence-electron chi connectivity index (χ0n) is 14.5. The van der Waals surface area contributed by atoms with E-state index >= 15 is 0 Å². The molecule has 2 heterocycles. The van der Waals surface area contributed by atoms with Crippen LogP contribution in [0.2, 0.25) is 0 Å². The standard InChI is InChI=1S/C23H17NO3/c25-20-8-10-23(11-9-20)26-15-22(27-23)18-6-3-5-16(12-18)19-13-17-4-1-2-7-21(17)24-14-19/h1-14,22H,15H2. The van der Waals surface area contributed by atoms with E-state index in [0.717, 1.165) is 27.6 Å². The quantitative estimate of drug-likeness (QED) is 0.684. The monoisotopic (exact) mass is 355 g/mol. The van der Waals surface area contributed by atoms with Crippen LogP contribution in [0.15, 0.2) is 85.1 Å². The molecule has 5 rings (SSSR count). The molecule has 132 valence electrons. The Hall–Kier alpha value is -3.08. The van der Waals surface area contributed by atoms with Gasteiger partial charge in [0.1, 0.15) is 6.10 Å². The number of hydrogen-bond acceptors (Lipinski definition) is 4. The molecular weight excluding hydrogens is 338 g/mol. The van der Waals surface area contributed by atoms with Crippen LogP contribution in [0.1, 0.15) is 11.7 Å². The second-order valence-electron chi connectivity index (χ2n) is 6.75. The normalized spacial score (nSPS) is 20.6. The van der Waals surface area contributed by atoms with Gasteiger partial charge < -0.3 is 9.47 Å². The molecule has 0 bridgehead atoms. The first-order valence-electron chi connectivity index (χ1n) is 8.90. The van der Waals surface area contributed by atoms with E-state index < -0.39 is 5.79 Å². The van der Waals surface area contributed by atoms with Crippen LogP contribution in [0.3, 0.4) is 0 Å². The lowest BCUT2D eigenvalue weighted by Gasteiger charge is -2.22. The fourth-order valence-electron chi connectivity index (χ4n) is 3.49. The van der Waals surface area contributed by atoms with Gasteiger partial charge in [0, 0.05) is 17.1 Å². The Bertz CT molecular complexity index is 1080. The van der Waals surface area contributed by atoms with Gasteiger partial charge in [0.2, 0.25) is 5.79 Å². The van der Waals surface area contributed by atoms with Crippen LogP contribution >= 0.6 is 0 Å². The second kappa shape index (κ2) is 6.27. The van der Waals surface area contributed by atoms with Gasteiger partial charge in [0.05, 0.1) is 12.1 Å². The smallest absolute Gasteiger partial charge is 0.209 e.